The number of anilines is 1. The first-order valence-electron chi connectivity index (χ1n) is 5.50. The Morgan fingerprint density at radius 2 is 1.94 bits per heavy atom. The third-order valence-electron chi connectivity index (χ3n) is 2.67. The summed E-state index contributed by atoms with van der Waals surface area (Å²) in [6, 6.07) is 11.0. The number of ether oxygens (including phenoxy) is 1. The second kappa shape index (κ2) is 5.51. The Morgan fingerprint density at radius 3 is 2.67 bits per heavy atom. The molecule has 2 aromatic rings. The highest BCUT2D eigenvalue weighted by molar-refractivity contribution is 6.42. The number of aryl methyl sites for hydroxylation is 1. The van der Waals surface area contributed by atoms with Crippen molar-refractivity contribution < 1.29 is 4.74 Å². The Kier molecular flexibility index (Phi) is 4.00. The van der Waals surface area contributed by atoms with Crippen LogP contribution < -0.4 is 10.5 Å². The van der Waals surface area contributed by atoms with Gasteiger partial charge < -0.3 is 10.5 Å². The van der Waals surface area contributed by atoms with Gasteiger partial charge in [-0.2, -0.15) is 0 Å². The molecule has 0 aliphatic heterocycles. The predicted molar refractivity (Wildman–Crippen MR) is 76.4 cm³/mol. The van der Waals surface area contributed by atoms with Gasteiger partial charge in [0.15, 0.2) is 0 Å². The van der Waals surface area contributed by atoms with E-state index in [1.807, 2.05) is 37.3 Å². The molecule has 0 aliphatic rings. The Bertz CT molecular complexity index is 570. The molecule has 0 aromatic heterocycles. The van der Waals surface area contributed by atoms with Crippen LogP contribution in [0.3, 0.4) is 0 Å². The van der Waals surface area contributed by atoms with E-state index >= 15 is 0 Å². The number of hydrogen-bond donors (Lipinski definition) is 1. The maximum atomic E-state index is 6.08. The molecule has 0 saturated heterocycles. The molecule has 0 amide bonds. The van der Waals surface area contributed by atoms with E-state index in [4.69, 9.17) is 33.7 Å². The molecule has 2 N–H and O–H groups in total. The van der Waals surface area contributed by atoms with Gasteiger partial charge in [0.25, 0.3) is 0 Å². The van der Waals surface area contributed by atoms with Crippen molar-refractivity contribution in [3.8, 4) is 5.75 Å². The van der Waals surface area contributed by atoms with Gasteiger partial charge in [0.05, 0.1) is 10.0 Å². The molecule has 0 unspecified atom stereocenters. The minimum Gasteiger partial charge on any atom is -0.489 e. The minimum absolute atomic E-state index is 0.378. The van der Waals surface area contributed by atoms with Crippen LogP contribution in [0.5, 0.6) is 5.75 Å². The fourth-order valence-electron chi connectivity index (χ4n) is 1.56. The van der Waals surface area contributed by atoms with Gasteiger partial charge in [0, 0.05) is 11.3 Å². The molecule has 0 fully saturated rings. The lowest BCUT2D eigenvalue weighted by molar-refractivity contribution is 0.306. The summed E-state index contributed by atoms with van der Waals surface area (Å²) in [5, 5.41) is 1.07. The summed E-state index contributed by atoms with van der Waals surface area (Å²) in [7, 11) is 0. The molecule has 94 valence electrons. The molecular formula is C14H13Cl2NO. The largest absolute Gasteiger partial charge is 0.489 e. The molecule has 4 heteroatoms. The average Bonchev–Trinajstić information content (AvgIpc) is 2.35. The van der Waals surface area contributed by atoms with E-state index in [0.29, 0.717) is 16.7 Å². The molecule has 0 atom stereocenters. The van der Waals surface area contributed by atoms with Crippen molar-refractivity contribution in [2.75, 3.05) is 5.73 Å². The highest BCUT2D eigenvalue weighted by Crippen LogP contribution is 2.27. The number of halogens is 2. The van der Waals surface area contributed by atoms with E-state index in [1.165, 1.54) is 0 Å². The maximum Gasteiger partial charge on any atom is 0.120 e. The molecule has 0 heterocycles. The number of nitrogens with two attached hydrogens (primary N) is 1. The Hall–Kier alpha value is -1.38. The van der Waals surface area contributed by atoms with Crippen LogP contribution in [0.15, 0.2) is 36.4 Å². The monoisotopic (exact) mass is 281 g/mol. The van der Waals surface area contributed by atoms with Crippen molar-refractivity contribution in [1.29, 1.82) is 0 Å². The number of benzene rings is 2. The van der Waals surface area contributed by atoms with Crippen LogP contribution in [0.25, 0.3) is 0 Å². The lowest BCUT2D eigenvalue weighted by Gasteiger charge is -2.10. The normalized spacial score (nSPS) is 10.4. The van der Waals surface area contributed by atoms with Crippen molar-refractivity contribution >= 4 is 28.9 Å². The standard InChI is InChI=1S/C14H13Cl2NO/c1-9-7-11(5-6-13(9)17)18-8-10-3-2-4-12(15)14(10)16/h2-7H,8,17H2,1H3. The highest BCUT2D eigenvalue weighted by Gasteiger charge is 2.05. The Labute approximate surface area is 116 Å². The van der Waals surface area contributed by atoms with Gasteiger partial charge in [-0.25, -0.2) is 0 Å². The van der Waals surface area contributed by atoms with Crippen LogP contribution >= 0.6 is 23.2 Å². The van der Waals surface area contributed by atoms with Crippen LogP contribution in [-0.2, 0) is 6.61 Å². The summed E-state index contributed by atoms with van der Waals surface area (Å²) in [6.45, 7) is 2.32. The molecule has 0 spiro atoms. The topological polar surface area (TPSA) is 35.2 Å². The zero-order valence-electron chi connectivity index (χ0n) is 9.91. The third-order valence-corrected chi connectivity index (χ3v) is 3.53. The van der Waals surface area contributed by atoms with Gasteiger partial charge in [0.2, 0.25) is 0 Å². The molecule has 0 radical (unpaired) electrons. The Balaban J connectivity index is 2.11. The van der Waals surface area contributed by atoms with Crippen LogP contribution in [0.2, 0.25) is 10.0 Å². The first-order chi connectivity index (χ1) is 8.58. The van der Waals surface area contributed by atoms with Crippen molar-refractivity contribution in [1.82, 2.24) is 0 Å². The van der Waals surface area contributed by atoms with Gasteiger partial charge in [-0.05, 0) is 36.8 Å². The lowest BCUT2D eigenvalue weighted by Crippen LogP contribution is -1.97. The van der Waals surface area contributed by atoms with Crippen molar-refractivity contribution in [2.45, 2.75) is 13.5 Å². The van der Waals surface area contributed by atoms with Gasteiger partial charge in [-0.1, -0.05) is 35.3 Å². The third kappa shape index (κ3) is 2.89. The second-order valence-electron chi connectivity index (χ2n) is 4.02. The molecule has 18 heavy (non-hydrogen) atoms. The molecule has 2 aromatic carbocycles. The lowest BCUT2D eigenvalue weighted by atomic mass is 10.2. The van der Waals surface area contributed by atoms with Gasteiger partial charge in [-0.3, -0.25) is 0 Å². The molecular weight excluding hydrogens is 269 g/mol. The number of hydrogen-bond acceptors (Lipinski definition) is 2. The minimum atomic E-state index is 0.378. The zero-order chi connectivity index (χ0) is 13.1. The number of nitrogen functional groups attached to an aromatic ring is 1. The van der Waals surface area contributed by atoms with Crippen LogP contribution in [0, 0.1) is 6.92 Å². The van der Waals surface area contributed by atoms with Crippen molar-refractivity contribution in [3.63, 3.8) is 0 Å². The van der Waals surface area contributed by atoms with Crippen molar-refractivity contribution in [2.24, 2.45) is 0 Å². The molecule has 0 bridgehead atoms. The summed E-state index contributed by atoms with van der Waals surface area (Å²) in [5.74, 6) is 0.762. The summed E-state index contributed by atoms with van der Waals surface area (Å²) < 4.78 is 5.67. The summed E-state index contributed by atoms with van der Waals surface area (Å²) >= 11 is 12.0. The average molecular weight is 282 g/mol. The quantitative estimate of drug-likeness (QED) is 0.843. The predicted octanol–water partition coefficient (Wildman–Crippen LogP) is 4.46. The van der Waals surface area contributed by atoms with Crippen LogP contribution in [0.4, 0.5) is 5.69 Å². The van der Waals surface area contributed by atoms with E-state index in [0.717, 1.165) is 22.6 Å². The van der Waals surface area contributed by atoms with Crippen LogP contribution in [0.1, 0.15) is 11.1 Å². The van der Waals surface area contributed by atoms with E-state index in [-0.39, 0.29) is 0 Å². The highest BCUT2D eigenvalue weighted by atomic mass is 35.5. The van der Waals surface area contributed by atoms with E-state index in [2.05, 4.69) is 0 Å². The smallest absolute Gasteiger partial charge is 0.120 e. The Morgan fingerprint density at radius 1 is 1.17 bits per heavy atom. The summed E-state index contributed by atoms with van der Waals surface area (Å²) in [6.07, 6.45) is 0. The van der Waals surface area contributed by atoms with Gasteiger partial charge in [0.1, 0.15) is 12.4 Å². The number of rotatable bonds is 3. The van der Waals surface area contributed by atoms with E-state index in [1.54, 1.807) is 6.07 Å². The fraction of sp³-hybridized carbons (Fsp3) is 0.143. The summed E-state index contributed by atoms with van der Waals surface area (Å²) in [4.78, 5) is 0. The molecule has 2 nitrogen and oxygen atoms in total. The second-order valence-corrected chi connectivity index (χ2v) is 4.81. The maximum absolute atomic E-state index is 6.08. The van der Waals surface area contributed by atoms with E-state index < -0.39 is 0 Å². The van der Waals surface area contributed by atoms with E-state index in [9.17, 15) is 0 Å². The molecule has 2 rings (SSSR count). The first-order valence-corrected chi connectivity index (χ1v) is 6.25. The molecule has 0 saturated carbocycles. The fourth-order valence-corrected chi connectivity index (χ4v) is 1.93. The van der Waals surface area contributed by atoms with Gasteiger partial charge in [-0.15, -0.1) is 0 Å². The molecule has 0 aliphatic carbocycles. The first kappa shape index (κ1) is 13.1. The SMILES string of the molecule is Cc1cc(OCc2cccc(Cl)c2Cl)ccc1N. The van der Waals surface area contributed by atoms with Crippen LogP contribution in [-0.4, -0.2) is 0 Å². The van der Waals surface area contributed by atoms with Crippen molar-refractivity contribution in [3.05, 3.63) is 57.6 Å². The summed E-state index contributed by atoms with van der Waals surface area (Å²) in [5.41, 5.74) is 8.35. The zero-order valence-corrected chi connectivity index (χ0v) is 11.4. The van der Waals surface area contributed by atoms with Gasteiger partial charge >= 0.3 is 0 Å².